The summed E-state index contributed by atoms with van der Waals surface area (Å²) in [5, 5.41) is 2.66. The van der Waals surface area contributed by atoms with Crippen LogP contribution in [0.1, 0.15) is 5.69 Å². The molecule has 0 amide bonds. The van der Waals surface area contributed by atoms with E-state index in [2.05, 4.69) is 26.2 Å². The van der Waals surface area contributed by atoms with Crippen molar-refractivity contribution < 1.29 is 13.2 Å². The number of aromatic nitrogens is 1. The summed E-state index contributed by atoms with van der Waals surface area (Å²) in [7, 11) is 0. The summed E-state index contributed by atoms with van der Waals surface area (Å²) in [6.45, 7) is 0.210. The third kappa shape index (κ3) is 2.81. The van der Waals surface area contributed by atoms with Crippen molar-refractivity contribution in [2.24, 2.45) is 0 Å². The van der Waals surface area contributed by atoms with E-state index in [0.717, 1.165) is 12.1 Å². The summed E-state index contributed by atoms with van der Waals surface area (Å²) in [4.78, 5) is 4.12. The van der Waals surface area contributed by atoms with Gasteiger partial charge in [0, 0.05) is 0 Å². The van der Waals surface area contributed by atoms with Gasteiger partial charge < -0.3 is 5.32 Å². The molecule has 0 radical (unpaired) electrons. The second-order valence-corrected chi connectivity index (χ2v) is 4.34. The number of pyridine rings is 1. The van der Waals surface area contributed by atoms with E-state index in [4.69, 9.17) is 0 Å². The van der Waals surface area contributed by atoms with E-state index in [1.807, 2.05) is 0 Å². The number of halogens is 4. The lowest BCUT2D eigenvalue weighted by atomic mass is 10.2. The Labute approximate surface area is 110 Å². The number of anilines is 1. The number of nitrogens with one attached hydrogen (secondary N) is 1. The van der Waals surface area contributed by atoms with Crippen LogP contribution in [0.4, 0.5) is 18.9 Å². The van der Waals surface area contributed by atoms with Gasteiger partial charge in [-0.25, -0.2) is 18.2 Å². The van der Waals surface area contributed by atoms with Crippen molar-refractivity contribution in [3.8, 4) is 0 Å². The lowest BCUT2D eigenvalue weighted by molar-refractivity contribution is 0.449. The van der Waals surface area contributed by atoms with E-state index in [1.165, 1.54) is 0 Å². The van der Waals surface area contributed by atoms with Gasteiger partial charge in [-0.05, 0) is 40.2 Å². The zero-order chi connectivity index (χ0) is 13.1. The number of hydrogen-bond acceptors (Lipinski definition) is 2. The largest absolute Gasteiger partial charge is 0.377 e. The van der Waals surface area contributed by atoms with Crippen LogP contribution in [0.3, 0.4) is 0 Å². The van der Waals surface area contributed by atoms with Gasteiger partial charge in [0.2, 0.25) is 0 Å². The molecule has 0 saturated carbocycles. The molecule has 0 unspecified atom stereocenters. The predicted molar refractivity (Wildman–Crippen MR) is 65.6 cm³/mol. The predicted octanol–water partition coefficient (Wildman–Crippen LogP) is 3.87. The molecule has 1 N–H and O–H groups in total. The fraction of sp³-hybridized carbons (Fsp3) is 0.0833. The van der Waals surface area contributed by atoms with E-state index in [0.29, 0.717) is 10.3 Å². The third-order valence-electron chi connectivity index (χ3n) is 2.27. The molecule has 1 aromatic carbocycles. The molecule has 18 heavy (non-hydrogen) atoms. The number of nitrogens with zero attached hydrogens (tertiary/aromatic N) is 1. The van der Waals surface area contributed by atoms with Crippen LogP contribution in [0.15, 0.2) is 34.9 Å². The average molecular weight is 317 g/mol. The van der Waals surface area contributed by atoms with Crippen molar-refractivity contribution in [3.05, 3.63) is 58.1 Å². The van der Waals surface area contributed by atoms with Crippen molar-refractivity contribution in [1.29, 1.82) is 0 Å². The van der Waals surface area contributed by atoms with E-state index in [1.54, 1.807) is 18.2 Å². The van der Waals surface area contributed by atoms with Crippen molar-refractivity contribution >= 4 is 21.6 Å². The Morgan fingerprint density at radius 3 is 2.56 bits per heavy atom. The molecule has 0 aliphatic rings. The van der Waals surface area contributed by atoms with Gasteiger partial charge >= 0.3 is 0 Å². The fourth-order valence-electron chi connectivity index (χ4n) is 1.40. The lowest BCUT2D eigenvalue weighted by Crippen LogP contribution is -2.05. The standard InChI is InChI=1S/C12H8BrF3N2/c13-10-3-1-2-7(18-10)6-17-9-5-4-8(14)11(15)12(9)16/h1-5,17H,6H2. The second kappa shape index (κ2) is 5.39. The Bertz CT molecular complexity index is 575. The molecule has 0 aliphatic heterocycles. The Morgan fingerprint density at radius 2 is 1.83 bits per heavy atom. The van der Waals surface area contributed by atoms with Gasteiger partial charge in [0.15, 0.2) is 17.5 Å². The van der Waals surface area contributed by atoms with Crippen molar-refractivity contribution in [2.45, 2.75) is 6.54 Å². The van der Waals surface area contributed by atoms with Crippen LogP contribution in [0.25, 0.3) is 0 Å². The van der Waals surface area contributed by atoms with Gasteiger partial charge in [-0.15, -0.1) is 0 Å². The number of rotatable bonds is 3. The zero-order valence-corrected chi connectivity index (χ0v) is 10.6. The molecule has 2 aromatic rings. The maximum atomic E-state index is 13.3. The first-order valence-corrected chi connectivity index (χ1v) is 5.86. The average Bonchev–Trinajstić information content (AvgIpc) is 2.35. The van der Waals surface area contributed by atoms with Gasteiger partial charge in [-0.2, -0.15) is 0 Å². The normalized spacial score (nSPS) is 10.4. The van der Waals surface area contributed by atoms with Crippen LogP contribution in [-0.4, -0.2) is 4.98 Å². The highest BCUT2D eigenvalue weighted by Gasteiger charge is 2.12. The lowest BCUT2D eigenvalue weighted by Gasteiger charge is -2.08. The topological polar surface area (TPSA) is 24.9 Å². The Morgan fingerprint density at radius 1 is 1.06 bits per heavy atom. The molecule has 0 aliphatic carbocycles. The highest BCUT2D eigenvalue weighted by molar-refractivity contribution is 9.10. The Balaban J connectivity index is 2.14. The molecule has 0 bridgehead atoms. The van der Waals surface area contributed by atoms with Crippen molar-refractivity contribution in [2.75, 3.05) is 5.32 Å². The quantitative estimate of drug-likeness (QED) is 0.686. The summed E-state index contributed by atoms with van der Waals surface area (Å²) in [6.07, 6.45) is 0. The summed E-state index contributed by atoms with van der Waals surface area (Å²) in [5.41, 5.74) is 0.546. The van der Waals surface area contributed by atoms with E-state index >= 15 is 0 Å². The van der Waals surface area contributed by atoms with Crippen molar-refractivity contribution in [1.82, 2.24) is 4.98 Å². The van der Waals surface area contributed by atoms with Crippen LogP contribution in [0.2, 0.25) is 0 Å². The van der Waals surface area contributed by atoms with Gasteiger partial charge in [0.25, 0.3) is 0 Å². The van der Waals surface area contributed by atoms with Gasteiger partial charge in [-0.1, -0.05) is 6.07 Å². The minimum atomic E-state index is -1.48. The molecular formula is C12H8BrF3N2. The SMILES string of the molecule is Fc1ccc(NCc2cccc(Br)n2)c(F)c1F. The number of benzene rings is 1. The van der Waals surface area contributed by atoms with E-state index in [9.17, 15) is 13.2 Å². The molecule has 94 valence electrons. The summed E-state index contributed by atoms with van der Waals surface area (Å²) >= 11 is 3.20. The van der Waals surface area contributed by atoms with Crippen LogP contribution in [-0.2, 0) is 6.54 Å². The molecule has 0 spiro atoms. The Kier molecular flexibility index (Phi) is 3.86. The molecule has 0 fully saturated rings. The van der Waals surface area contributed by atoms with Gasteiger partial charge in [0.1, 0.15) is 4.60 Å². The van der Waals surface area contributed by atoms with Crippen molar-refractivity contribution in [3.63, 3.8) is 0 Å². The molecular weight excluding hydrogens is 309 g/mol. The maximum Gasteiger partial charge on any atom is 0.196 e. The molecule has 0 saturated heterocycles. The molecule has 6 heteroatoms. The smallest absolute Gasteiger partial charge is 0.196 e. The molecule has 1 heterocycles. The highest BCUT2D eigenvalue weighted by Crippen LogP contribution is 2.20. The molecule has 1 aromatic heterocycles. The second-order valence-electron chi connectivity index (χ2n) is 3.53. The Hall–Kier alpha value is -1.56. The van der Waals surface area contributed by atoms with Crippen LogP contribution in [0.5, 0.6) is 0 Å². The van der Waals surface area contributed by atoms with Crippen LogP contribution >= 0.6 is 15.9 Å². The highest BCUT2D eigenvalue weighted by atomic mass is 79.9. The zero-order valence-electron chi connectivity index (χ0n) is 9.05. The minimum Gasteiger partial charge on any atom is -0.377 e. The first kappa shape index (κ1) is 12.9. The van der Waals surface area contributed by atoms with Gasteiger partial charge in [-0.3, -0.25) is 0 Å². The fourth-order valence-corrected chi connectivity index (χ4v) is 1.78. The van der Waals surface area contributed by atoms with E-state index in [-0.39, 0.29) is 12.2 Å². The number of hydrogen-bond donors (Lipinski definition) is 1. The molecule has 2 nitrogen and oxygen atoms in total. The maximum absolute atomic E-state index is 13.3. The van der Waals surface area contributed by atoms with E-state index < -0.39 is 17.5 Å². The monoisotopic (exact) mass is 316 g/mol. The first-order valence-electron chi connectivity index (χ1n) is 5.06. The minimum absolute atomic E-state index is 0.101. The molecule has 2 rings (SSSR count). The summed E-state index contributed by atoms with van der Waals surface area (Å²) in [5.74, 6) is -3.93. The first-order chi connectivity index (χ1) is 8.58. The summed E-state index contributed by atoms with van der Waals surface area (Å²) in [6, 6.07) is 7.27. The summed E-state index contributed by atoms with van der Waals surface area (Å²) < 4.78 is 39.7. The molecule has 0 atom stereocenters. The van der Waals surface area contributed by atoms with Crippen LogP contribution < -0.4 is 5.32 Å². The van der Waals surface area contributed by atoms with Gasteiger partial charge in [0.05, 0.1) is 17.9 Å². The van der Waals surface area contributed by atoms with Crippen LogP contribution in [0, 0.1) is 17.5 Å². The third-order valence-corrected chi connectivity index (χ3v) is 2.71.